The number of carbonyl (C=O) groups excluding carboxylic acids is 3. The van der Waals surface area contributed by atoms with Gasteiger partial charge in [0.1, 0.15) is 0 Å². The normalized spacial score (nSPS) is 10.3. The van der Waals surface area contributed by atoms with Crippen LogP contribution in [0.2, 0.25) is 0 Å². The predicted octanol–water partition coefficient (Wildman–Crippen LogP) is 3.56. The van der Waals surface area contributed by atoms with Crippen molar-refractivity contribution in [2.75, 3.05) is 17.2 Å². The largest absolute Gasteiger partial charge is 0.352 e. The van der Waals surface area contributed by atoms with Crippen molar-refractivity contribution in [3.63, 3.8) is 0 Å². The maximum absolute atomic E-state index is 12.3. The molecule has 3 N–H and O–H groups in total. The van der Waals surface area contributed by atoms with E-state index in [-0.39, 0.29) is 30.7 Å². The number of hydrogen-bond donors (Lipinski definition) is 3. The average molecular weight is 375 g/mol. The Morgan fingerprint density at radius 3 is 2.25 bits per heavy atom. The maximum atomic E-state index is 12.3. The number of rotatable bonds is 6. The minimum absolute atomic E-state index is 0.143. The fourth-order valence-corrected chi connectivity index (χ4v) is 2.82. The fraction of sp³-hybridized carbons (Fsp3) is 0.136. The monoisotopic (exact) mass is 375 g/mol. The molecule has 6 nitrogen and oxygen atoms in total. The lowest BCUT2D eigenvalue weighted by Gasteiger charge is -2.09. The first kappa shape index (κ1) is 19.1. The number of nitrogens with one attached hydrogen (secondary N) is 3. The van der Waals surface area contributed by atoms with Gasteiger partial charge in [-0.3, -0.25) is 14.4 Å². The molecule has 3 amide bonds. The molecule has 0 aliphatic heterocycles. The van der Waals surface area contributed by atoms with Crippen LogP contribution in [0.3, 0.4) is 0 Å². The van der Waals surface area contributed by atoms with Gasteiger partial charge in [-0.1, -0.05) is 36.4 Å². The van der Waals surface area contributed by atoms with Crippen LogP contribution in [0.25, 0.3) is 10.8 Å². The van der Waals surface area contributed by atoms with Gasteiger partial charge >= 0.3 is 0 Å². The molecule has 0 fully saturated rings. The third kappa shape index (κ3) is 5.17. The number of benzene rings is 3. The first-order chi connectivity index (χ1) is 13.5. The molecular formula is C22H21N3O3. The van der Waals surface area contributed by atoms with Gasteiger partial charge in [0.25, 0.3) is 5.91 Å². The van der Waals surface area contributed by atoms with E-state index < -0.39 is 0 Å². The third-order valence-electron chi connectivity index (χ3n) is 4.12. The van der Waals surface area contributed by atoms with Crippen LogP contribution in [0.1, 0.15) is 23.7 Å². The van der Waals surface area contributed by atoms with Gasteiger partial charge in [-0.15, -0.1) is 0 Å². The zero-order chi connectivity index (χ0) is 19.9. The molecule has 28 heavy (non-hydrogen) atoms. The summed E-state index contributed by atoms with van der Waals surface area (Å²) < 4.78 is 0. The summed E-state index contributed by atoms with van der Waals surface area (Å²) in [5.74, 6) is -0.620. The Bertz CT molecular complexity index is 1030. The molecule has 0 bridgehead atoms. The Morgan fingerprint density at radius 1 is 0.786 bits per heavy atom. The summed E-state index contributed by atoms with van der Waals surface area (Å²) >= 11 is 0. The van der Waals surface area contributed by atoms with Crippen molar-refractivity contribution < 1.29 is 14.4 Å². The van der Waals surface area contributed by atoms with Gasteiger partial charge in [-0.05, 0) is 41.1 Å². The second kappa shape index (κ2) is 8.81. The highest BCUT2D eigenvalue weighted by Crippen LogP contribution is 2.16. The number of carbonyl (C=O) groups is 3. The van der Waals surface area contributed by atoms with Gasteiger partial charge in [0.15, 0.2) is 0 Å². The highest BCUT2D eigenvalue weighted by Gasteiger charge is 2.08. The summed E-state index contributed by atoms with van der Waals surface area (Å²) in [6, 6.07) is 20.2. The molecule has 0 unspecified atom stereocenters. The fourth-order valence-electron chi connectivity index (χ4n) is 2.82. The van der Waals surface area contributed by atoms with Gasteiger partial charge in [-0.2, -0.15) is 0 Å². The van der Waals surface area contributed by atoms with E-state index in [1.54, 1.807) is 30.3 Å². The number of anilines is 2. The molecule has 3 aromatic carbocycles. The Hall–Kier alpha value is -3.67. The zero-order valence-electron chi connectivity index (χ0n) is 15.5. The topological polar surface area (TPSA) is 87.3 Å². The standard InChI is InChI=1S/C22H21N3O3/c1-15(26)24-19-7-4-8-20(14-19)25-21(27)11-12-23-22(28)18-10-9-16-5-2-3-6-17(16)13-18/h2-10,13-14H,11-12H2,1H3,(H,23,28)(H,24,26)(H,25,27). The van der Waals surface area contributed by atoms with Gasteiger partial charge in [0, 0.05) is 36.8 Å². The Kier molecular flexibility index (Phi) is 6.01. The summed E-state index contributed by atoms with van der Waals surface area (Å²) in [6.45, 7) is 1.65. The van der Waals surface area contributed by atoms with Gasteiger partial charge in [0.2, 0.25) is 11.8 Å². The predicted molar refractivity (Wildman–Crippen MR) is 110 cm³/mol. The van der Waals surface area contributed by atoms with Crippen LogP contribution >= 0.6 is 0 Å². The second-order valence-electron chi connectivity index (χ2n) is 6.38. The lowest BCUT2D eigenvalue weighted by atomic mass is 10.1. The molecule has 3 aromatic rings. The number of hydrogen-bond acceptors (Lipinski definition) is 3. The summed E-state index contributed by atoms with van der Waals surface area (Å²) in [5, 5.41) is 10.2. The Morgan fingerprint density at radius 2 is 1.50 bits per heavy atom. The van der Waals surface area contributed by atoms with Gasteiger partial charge < -0.3 is 16.0 Å². The molecule has 0 heterocycles. The van der Waals surface area contributed by atoms with E-state index in [0.717, 1.165) is 10.8 Å². The molecule has 3 rings (SSSR count). The quantitative estimate of drug-likeness (QED) is 0.616. The van der Waals surface area contributed by atoms with E-state index in [4.69, 9.17) is 0 Å². The van der Waals surface area contributed by atoms with Crippen LogP contribution in [0.15, 0.2) is 66.7 Å². The van der Waals surface area contributed by atoms with Crippen LogP contribution in [-0.2, 0) is 9.59 Å². The third-order valence-corrected chi connectivity index (χ3v) is 4.12. The van der Waals surface area contributed by atoms with Gasteiger partial charge in [-0.25, -0.2) is 0 Å². The van der Waals surface area contributed by atoms with Crippen molar-refractivity contribution in [2.24, 2.45) is 0 Å². The molecule has 0 aliphatic carbocycles. The molecule has 0 aliphatic rings. The average Bonchev–Trinajstić information content (AvgIpc) is 2.67. The molecule has 0 saturated carbocycles. The smallest absolute Gasteiger partial charge is 0.251 e. The van der Waals surface area contributed by atoms with Crippen LogP contribution in [0.5, 0.6) is 0 Å². The van der Waals surface area contributed by atoms with Crippen LogP contribution in [0.4, 0.5) is 11.4 Å². The summed E-state index contributed by atoms with van der Waals surface area (Å²) in [5.41, 5.74) is 1.74. The summed E-state index contributed by atoms with van der Waals surface area (Å²) in [4.78, 5) is 35.5. The van der Waals surface area contributed by atoms with E-state index in [1.165, 1.54) is 6.92 Å². The van der Waals surface area contributed by atoms with E-state index in [1.807, 2.05) is 36.4 Å². The number of fused-ring (bicyclic) bond motifs is 1. The molecule has 6 heteroatoms. The highest BCUT2D eigenvalue weighted by molar-refractivity contribution is 5.99. The Balaban J connectivity index is 1.50. The van der Waals surface area contributed by atoms with E-state index in [2.05, 4.69) is 16.0 Å². The molecule has 0 saturated heterocycles. The minimum atomic E-state index is -0.223. The first-order valence-corrected chi connectivity index (χ1v) is 8.96. The van der Waals surface area contributed by atoms with Crippen molar-refractivity contribution in [1.29, 1.82) is 0 Å². The molecule has 0 spiro atoms. The van der Waals surface area contributed by atoms with Crippen molar-refractivity contribution >= 4 is 39.9 Å². The van der Waals surface area contributed by atoms with Crippen molar-refractivity contribution in [3.05, 3.63) is 72.3 Å². The van der Waals surface area contributed by atoms with Crippen molar-refractivity contribution in [2.45, 2.75) is 13.3 Å². The first-order valence-electron chi connectivity index (χ1n) is 8.96. The lowest BCUT2D eigenvalue weighted by Crippen LogP contribution is -2.27. The van der Waals surface area contributed by atoms with Crippen molar-refractivity contribution in [1.82, 2.24) is 5.32 Å². The van der Waals surface area contributed by atoms with Crippen LogP contribution in [-0.4, -0.2) is 24.3 Å². The van der Waals surface area contributed by atoms with Gasteiger partial charge in [0.05, 0.1) is 0 Å². The zero-order valence-corrected chi connectivity index (χ0v) is 15.5. The molecule has 0 atom stereocenters. The van der Waals surface area contributed by atoms with Crippen LogP contribution in [0, 0.1) is 0 Å². The van der Waals surface area contributed by atoms with Crippen molar-refractivity contribution in [3.8, 4) is 0 Å². The molecule has 142 valence electrons. The molecule has 0 aromatic heterocycles. The summed E-state index contributed by atoms with van der Waals surface area (Å²) in [7, 11) is 0. The lowest BCUT2D eigenvalue weighted by molar-refractivity contribution is -0.116. The minimum Gasteiger partial charge on any atom is -0.352 e. The van der Waals surface area contributed by atoms with E-state index in [0.29, 0.717) is 16.9 Å². The maximum Gasteiger partial charge on any atom is 0.251 e. The number of amides is 3. The SMILES string of the molecule is CC(=O)Nc1cccc(NC(=O)CCNC(=O)c2ccc3ccccc3c2)c1. The highest BCUT2D eigenvalue weighted by atomic mass is 16.2. The van der Waals surface area contributed by atoms with E-state index in [9.17, 15) is 14.4 Å². The molecular weight excluding hydrogens is 354 g/mol. The summed E-state index contributed by atoms with van der Waals surface area (Å²) in [6.07, 6.45) is 0.143. The molecule has 0 radical (unpaired) electrons. The Labute approximate surface area is 162 Å². The second-order valence-corrected chi connectivity index (χ2v) is 6.38. The van der Waals surface area contributed by atoms with Crippen LogP contribution < -0.4 is 16.0 Å². The van der Waals surface area contributed by atoms with E-state index >= 15 is 0 Å².